The lowest BCUT2D eigenvalue weighted by Gasteiger charge is -2.28. The van der Waals surface area contributed by atoms with Crippen LogP contribution in [-0.4, -0.2) is 23.0 Å². The molecule has 0 saturated heterocycles. The van der Waals surface area contributed by atoms with Crippen LogP contribution in [0.4, 0.5) is 0 Å². The molecule has 0 aromatic carbocycles. The molecular formula is C15H27NO3. The third-order valence-corrected chi connectivity index (χ3v) is 4.57. The number of aliphatic carboxylic acids is 1. The molecule has 0 aromatic heterocycles. The number of nitrogens with one attached hydrogen (secondary N) is 1. The average molecular weight is 269 g/mol. The molecule has 1 amide bonds. The van der Waals surface area contributed by atoms with Crippen molar-refractivity contribution in [2.24, 2.45) is 17.8 Å². The summed E-state index contributed by atoms with van der Waals surface area (Å²) in [5.41, 5.74) is 0. The Bertz CT molecular complexity index is 305. The Morgan fingerprint density at radius 3 is 2.00 bits per heavy atom. The normalized spacial score (nSPS) is 25.1. The van der Waals surface area contributed by atoms with Crippen molar-refractivity contribution in [1.82, 2.24) is 5.32 Å². The van der Waals surface area contributed by atoms with Gasteiger partial charge in [-0.15, -0.1) is 0 Å². The van der Waals surface area contributed by atoms with Crippen LogP contribution in [-0.2, 0) is 9.59 Å². The van der Waals surface area contributed by atoms with E-state index in [0.29, 0.717) is 31.6 Å². The van der Waals surface area contributed by atoms with Gasteiger partial charge in [0.1, 0.15) is 0 Å². The zero-order valence-electron chi connectivity index (χ0n) is 12.3. The van der Waals surface area contributed by atoms with E-state index in [9.17, 15) is 9.59 Å². The van der Waals surface area contributed by atoms with Crippen LogP contribution >= 0.6 is 0 Å². The molecule has 2 N–H and O–H groups in total. The first-order valence-electron chi connectivity index (χ1n) is 7.52. The third-order valence-electron chi connectivity index (χ3n) is 4.57. The summed E-state index contributed by atoms with van der Waals surface area (Å²) >= 11 is 0. The van der Waals surface area contributed by atoms with Crippen LogP contribution in [0.1, 0.15) is 59.3 Å². The number of carboxylic acid groups (broad SMARTS) is 1. The van der Waals surface area contributed by atoms with E-state index in [4.69, 9.17) is 5.11 Å². The molecule has 1 unspecified atom stereocenters. The highest BCUT2D eigenvalue weighted by molar-refractivity contribution is 5.79. The van der Waals surface area contributed by atoms with E-state index in [1.165, 1.54) is 0 Å². The quantitative estimate of drug-likeness (QED) is 0.779. The second kappa shape index (κ2) is 7.51. The predicted molar refractivity (Wildman–Crippen MR) is 74.8 cm³/mol. The fourth-order valence-electron chi connectivity index (χ4n) is 3.06. The van der Waals surface area contributed by atoms with E-state index in [1.54, 1.807) is 0 Å². The molecule has 4 nitrogen and oxygen atoms in total. The highest BCUT2D eigenvalue weighted by Crippen LogP contribution is 2.29. The number of rotatable bonds is 6. The summed E-state index contributed by atoms with van der Waals surface area (Å²) in [6, 6.07) is 0.208. The van der Waals surface area contributed by atoms with Gasteiger partial charge in [-0.1, -0.05) is 26.7 Å². The molecule has 4 heteroatoms. The van der Waals surface area contributed by atoms with Crippen LogP contribution < -0.4 is 5.32 Å². The summed E-state index contributed by atoms with van der Waals surface area (Å²) in [4.78, 5) is 23.0. The maximum absolute atomic E-state index is 12.2. The van der Waals surface area contributed by atoms with Crippen molar-refractivity contribution < 1.29 is 14.7 Å². The van der Waals surface area contributed by atoms with Crippen LogP contribution in [0.5, 0.6) is 0 Å². The molecule has 1 atom stereocenters. The van der Waals surface area contributed by atoms with Crippen molar-refractivity contribution in [3.8, 4) is 0 Å². The number of amides is 1. The summed E-state index contributed by atoms with van der Waals surface area (Å²) < 4.78 is 0. The summed E-state index contributed by atoms with van der Waals surface area (Å²) in [5.74, 6) is -0.320. The lowest BCUT2D eigenvalue weighted by Crippen LogP contribution is -2.42. The summed E-state index contributed by atoms with van der Waals surface area (Å²) in [7, 11) is 0. The minimum Gasteiger partial charge on any atom is -0.481 e. The number of hydrogen-bond donors (Lipinski definition) is 2. The van der Waals surface area contributed by atoms with Crippen molar-refractivity contribution >= 4 is 11.9 Å². The Kier molecular flexibility index (Phi) is 6.32. The lowest BCUT2D eigenvalue weighted by atomic mass is 9.81. The molecular weight excluding hydrogens is 242 g/mol. The molecule has 110 valence electrons. The van der Waals surface area contributed by atoms with Gasteiger partial charge in [0.15, 0.2) is 0 Å². The van der Waals surface area contributed by atoms with Crippen LogP contribution in [0, 0.1) is 17.8 Å². The molecule has 0 bridgehead atoms. The first kappa shape index (κ1) is 16.0. The third kappa shape index (κ3) is 4.51. The van der Waals surface area contributed by atoms with Crippen LogP contribution in [0.15, 0.2) is 0 Å². The van der Waals surface area contributed by atoms with Crippen LogP contribution in [0.3, 0.4) is 0 Å². The second-order valence-corrected chi connectivity index (χ2v) is 5.76. The van der Waals surface area contributed by atoms with Gasteiger partial charge in [0.2, 0.25) is 5.91 Å². The van der Waals surface area contributed by atoms with Gasteiger partial charge in [0.05, 0.1) is 5.92 Å². The number of hydrogen-bond acceptors (Lipinski definition) is 2. The Morgan fingerprint density at radius 1 is 1.11 bits per heavy atom. The maximum atomic E-state index is 12.2. The van der Waals surface area contributed by atoms with E-state index in [1.807, 2.05) is 0 Å². The van der Waals surface area contributed by atoms with E-state index >= 15 is 0 Å². The van der Waals surface area contributed by atoms with Crippen molar-refractivity contribution in [3.63, 3.8) is 0 Å². The van der Waals surface area contributed by atoms with Gasteiger partial charge >= 0.3 is 5.97 Å². The first-order chi connectivity index (χ1) is 8.99. The number of carbonyl (C=O) groups excluding carboxylic acids is 1. The molecule has 0 spiro atoms. The Hall–Kier alpha value is -1.06. The topological polar surface area (TPSA) is 66.4 Å². The van der Waals surface area contributed by atoms with Gasteiger partial charge in [0, 0.05) is 12.0 Å². The zero-order valence-corrected chi connectivity index (χ0v) is 12.3. The molecule has 0 heterocycles. The molecule has 1 aliphatic carbocycles. The molecule has 1 aliphatic rings. The van der Waals surface area contributed by atoms with Gasteiger partial charge in [-0.05, 0) is 38.5 Å². The van der Waals surface area contributed by atoms with Gasteiger partial charge in [0.25, 0.3) is 0 Å². The Labute approximate surface area is 116 Å². The van der Waals surface area contributed by atoms with Crippen molar-refractivity contribution in [2.45, 2.75) is 65.3 Å². The van der Waals surface area contributed by atoms with Gasteiger partial charge < -0.3 is 10.4 Å². The van der Waals surface area contributed by atoms with Crippen molar-refractivity contribution in [3.05, 3.63) is 0 Å². The highest BCUT2D eigenvalue weighted by atomic mass is 16.4. The van der Waals surface area contributed by atoms with Crippen LogP contribution in [0.25, 0.3) is 0 Å². The van der Waals surface area contributed by atoms with Gasteiger partial charge in [-0.2, -0.15) is 0 Å². The minimum absolute atomic E-state index is 0.00686. The average Bonchev–Trinajstić information content (AvgIpc) is 2.40. The SMILES string of the molecule is CCC(CC)C(C)NC(=O)C1CCC(C(=O)O)CC1. The largest absolute Gasteiger partial charge is 0.481 e. The molecule has 19 heavy (non-hydrogen) atoms. The fourth-order valence-corrected chi connectivity index (χ4v) is 3.06. The summed E-state index contributed by atoms with van der Waals surface area (Å²) in [5, 5.41) is 12.1. The molecule has 0 aliphatic heterocycles. The van der Waals surface area contributed by atoms with E-state index in [2.05, 4.69) is 26.1 Å². The second-order valence-electron chi connectivity index (χ2n) is 5.76. The fraction of sp³-hybridized carbons (Fsp3) is 0.867. The smallest absolute Gasteiger partial charge is 0.306 e. The van der Waals surface area contributed by atoms with E-state index in [-0.39, 0.29) is 23.8 Å². The molecule has 1 fully saturated rings. The Balaban J connectivity index is 2.41. The van der Waals surface area contributed by atoms with E-state index < -0.39 is 5.97 Å². The molecule has 0 radical (unpaired) electrons. The zero-order chi connectivity index (χ0) is 14.4. The van der Waals surface area contributed by atoms with Crippen molar-refractivity contribution in [2.75, 3.05) is 0 Å². The summed E-state index contributed by atoms with van der Waals surface area (Å²) in [6.07, 6.45) is 4.82. The predicted octanol–water partition coefficient (Wildman–Crippen LogP) is 2.82. The van der Waals surface area contributed by atoms with Crippen LogP contribution in [0.2, 0.25) is 0 Å². The Morgan fingerprint density at radius 2 is 1.58 bits per heavy atom. The number of carboxylic acids is 1. The van der Waals surface area contributed by atoms with E-state index in [0.717, 1.165) is 12.8 Å². The standard InChI is InChI=1S/C15H27NO3/c1-4-11(5-2)10(3)16-14(17)12-6-8-13(9-7-12)15(18)19/h10-13H,4-9H2,1-3H3,(H,16,17)(H,18,19). The van der Waals surface area contributed by atoms with Gasteiger partial charge in [-0.3, -0.25) is 9.59 Å². The van der Waals surface area contributed by atoms with Crippen molar-refractivity contribution in [1.29, 1.82) is 0 Å². The minimum atomic E-state index is -0.718. The first-order valence-corrected chi connectivity index (χ1v) is 7.52. The lowest BCUT2D eigenvalue weighted by molar-refractivity contribution is -0.144. The molecule has 1 rings (SSSR count). The molecule has 1 saturated carbocycles. The maximum Gasteiger partial charge on any atom is 0.306 e. The monoisotopic (exact) mass is 269 g/mol. The van der Waals surface area contributed by atoms with Gasteiger partial charge in [-0.25, -0.2) is 0 Å². The highest BCUT2D eigenvalue weighted by Gasteiger charge is 2.30. The molecule has 0 aromatic rings. The summed E-state index contributed by atoms with van der Waals surface area (Å²) in [6.45, 7) is 6.36. The number of carbonyl (C=O) groups is 2.